The minimum atomic E-state index is 0.741. The molecule has 78 valence electrons. The molecular formula is C12H13ClN2. The highest BCUT2D eigenvalue weighted by Gasteiger charge is 2.04. The Morgan fingerprint density at radius 3 is 2.80 bits per heavy atom. The largest absolute Gasteiger partial charge is 0.388 e. The molecule has 0 fully saturated rings. The molecule has 3 heteroatoms. The van der Waals surface area contributed by atoms with Gasteiger partial charge in [0.05, 0.1) is 5.52 Å². The van der Waals surface area contributed by atoms with Crippen molar-refractivity contribution in [3.05, 3.63) is 35.0 Å². The van der Waals surface area contributed by atoms with E-state index in [2.05, 4.69) is 23.3 Å². The molecule has 0 saturated heterocycles. The Morgan fingerprint density at radius 2 is 2.13 bits per heavy atom. The molecule has 0 radical (unpaired) electrons. The SMILES string of the molecule is CCc1cc(NC)c2cc(Cl)ccc2n1. The normalized spacial score (nSPS) is 10.6. The highest BCUT2D eigenvalue weighted by molar-refractivity contribution is 6.31. The summed E-state index contributed by atoms with van der Waals surface area (Å²) in [5.41, 5.74) is 3.16. The number of nitrogens with one attached hydrogen (secondary N) is 1. The van der Waals surface area contributed by atoms with Crippen molar-refractivity contribution in [3.63, 3.8) is 0 Å². The smallest absolute Gasteiger partial charge is 0.0727 e. The van der Waals surface area contributed by atoms with Gasteiger partial charge in [0, 0.05) is 28.8 Å². The van der Waals surface area contributed by atoms with E-state index in [1.807, 2.05) is 25.2 Å². The summed E-state index contributed by atoms with van der Waals surface area (Å²) >= 11 is 5.97. The number of aryl methyl sites for hydroxylation is 1. The molecule has 0 unspecified atom stereocenters. The molecule has 2 rings (SSSR count). The lowest BCUT2D eigenvalue weighted by Gasteiger charge is -2.08. The standard InChI is InChI=1S/C12H13ClN2/c1-3-9-7-12(14-2)10-6-8(13)4-5-11(10)15-9/h4-7H,3H2,1-2H3,(H,14,15). The van der Waals surface area contributed by atoms with Gasteiger partial charge < -0.3 is 5.32 Å². The summed E-state index contributed by atoms with van der Waals surface area (Å²) in [6.07, 6.45) is 0.938. The van der Waals surface area contributed by atoms with E-state index >= 15 is 0 Å². The van der Waals surface area contributed by atoms with E-state index in [-0.39, 0.29) is 0 Å². The van der Waals surface area contributed by atoms with Crippen molar-refractivity contribution in [2.75, 3.05) is 12.4 Å². The van der Waals surface area contributed by atoms with Crippen LogP contribution in [0.3, 0.4) is 0 Å². The summed E-state index contributed by atoms with van der Waals surface area (Å²) < 4.78 is 0. The van der Waals surface area contributed by atoms with E-state index in [1.54, 1.807) is 0 Å². The van der Waals surface area contributed by atoms with Crippen molar-refractivity contribution in [3.8, 4) is 0 Å². The van der Waals surface area contributed by atoms with E-state index < -0.39 is 0 Å². The highest BCUT2D eigenvalue weighted by Crippen LogP contribution is 2.26. The molecule has 0 amide bonds. The minimum absolute atomic E-state index is 0.741. The van der Waals surface area contributed by atoms with Crippen molar-refractivity contribution in [2.45, 2.75) is 13.3 Å². The monoisotopic (exact) mass is 220 g/mol. The first-order chi connectivity index (χ1) is 7.24. The van der Waals surface area contributed by atoms with Gasteiger partial charge in [-0.15, -0.1) is 0 Å². The average molecular weight is 221 g/mol. The number of pyridine rings is 1. The fraction of sp³-hybridized carbons (Fsp3) is 0.250. The van der Waals surface area contributed by atoms with Gasteiger partial charge in [-0.1, -0.05) is 18.5 Å². The molecule has 2 aromatic rings. The summed E-state index contributed by atoms with van der Waals surface area (Å²) in [6, 6.07) is 7.83. The summed E-state index contributed by atoms with van der Waals surface area (Å²) in [4.78, 5) is 4.54. The lowest BCUT2D eigenvalue weighted by molar-refractivity contribution is 1.06. The number of rotatable bonds is 2. The van der Waals surface area contributed by atoms with E-state index in [1.165, 1.54) is 0 Å². The summed E-state index contributed by atoms with van der Waals surface area (Å²) in [5, 5.41) is 4.99. The number of nitrogens with zero attached hydrogens (tertiary/aromatic N) is 1. The molecule has 1 aromatic heterocycles. The van der Waals surface area contributed by atoms with Gasteiger partial charge in [-0.2, -0.15) is 0 Å². The molecule has 1 heterocycles. The average Bonchev–Trinajstić information content (AvgIpc) is 2.27. The molecule has 0 atom stereocenters. The van der Waals surface area contributed by atoms with Crippen LogP contribution in [-0.2, 0) is 6.42 Å². The number of aromatic nitrogens is 1. The molecule has 0 aliphatic carbocycles. The summed E-state index contributed by atoms with van der Waals surface area (Å²) in [5.74, 6) is 0. The van der Waals surface area contributed by atoms with Gasteiger partial charge in [0.1, 0.15) is 0 Å². The first kappa shape index (κ1) is 10.2. The lowest BCUT2D eigenvalue weighted by Crippen LogP contribution is -1.95. The van der Waals surface area contributed by atoms with Gasteiger partial charge in [0.2, 0.25) is 0 Å². The number of halogens is 1. The fourth-order valence-corrected chi connectivity index (χ4v) is 1.81. The second-order valence-electron chi connectivity index (χ2n) is 3.43. The van der Waals surface area contributed by atoms with Gasteiger partial charge >= 0.3 is 0 Å². The Kier molecular flexibility index (Phi) is 2.78. The quantitative estimate of drug-likeness (QED) is 0.838. The van der Waals surface area contributed by atoms with Crippen LogP contribution < -0.4 is 5.32 Å². The Morgan fingerprint density at radius 1 is 1.33 bits per heavy atom. The van der Waals surface area contributed by atoms with Gasteiger partial charge in [-0.25, -0.2) is 0 Å². The van der Waals surface area contributed by atoms with E-state index in [0.29, 0.717) is 0 Å². The third-order valence-corrected chi connectivity index (χ3v) is 2.69. The van der Waals surface area contributed by atoms with Crippen LogP contribution in [0, 0.1) is 0 Å². The van der Waals surface area contributed by atoms with E-state index in [4.69, 9.17) is 11.6 Å². The number of benzene rings is 1. The summed E-state index contributed by atoms with van der Waals surface area (Å²) in [7, 11) is 1.91. The second-order valence-corrected chi connectivity index (χ2v) is 3.86. The summed E-state index contributed by atoms with van der Waals surface area (Å²) in [6.45, 7) is 2.10. The Bertz CT molecular complexity index is 494. The zero-order valence-electron chi connectivity index (χ0n) is 8.84. The van der Waals surface area contributed by atoms with Gasteiger partial charge in [-0.3, -0.25) is 4.98 Å². The topological polar surface area (TPSA) is 24.9 Å². The molecule has 2 nitrogen and oxygen atoms in total. The van der Waals surface area contributed by atoms with Crippen LogP contribution in [0.5, 0.6) is 0 Å². The lowest BCUT2D eigenvalue weighted by atomic mass is 10.1. The van der Waals surface area contributed by atoms with Crippen molar-refractivity contribution < 1.29 is 0 Å². The first-order valence-electron chi connectivity index (χ1n) is 5.01. The fourth-order valence-electron chi connectivity index (χ4n) is 1.64. The van der Waals surface area contributed by atoms with Crippen molar-refractivity contribution in [2.24, 2.45) is 0 Å². The molecule has 1 N–H and O–H groups in total. The highest BCUT2D eigenvalue weighted by atomic mass is 35.5. The molecule has 0 bridgehead atoms. The van der Waals surface area contributed by atoms with Gasteiger partial charge in [0.25, 0.3) is 0 Å². The molecular weight excluding hydrogens is 208 g/mol. The zero-order valence-corrected chi connectivity index (χ0v) is 9.60. The van der Waals surface area contributed by atoms with Crippen LogP contribution in [0.25, 0.3) is 10.9 Å². The minimum Gasteiger partial charge on any atom is -0.388 e. The number of hydrogen-bond donors (Lipinski definition) is 1. The number of fused-ring (bicyclic) bond motifs is 1. The molecule has 0 spiro atoms. The van der Waals surface area contributed by atoms with Crippen LogP contribution in [0.15, 0.2) is 24.3 Å². The first-order valence-corrected chi connectivity index (χ1v) is 5.39. The Labute approximate surface area is 94.3 Å². The van der Waals surface area contributed by atoms with Crippen molar-refractivity contribution in [1.82, 2.24) is 4.98 Å². The van der Waals surface area contributed by atoms with Crippen molar-refractivity contribution in [1.29, 1.82) is 0 Å². The van der Waals surface area contributed by atoms with Gasteiger partial charge in [0.15, 0.2) is 0 Å². The number of anilines is 1. The molecule has 15 heavy (non-hydrogen) atoms. The third-order valence-electron chi connectivity index (χ3n) is 2.46. The molecule has 0 aliphatic heterocycles. The third kappa shape index (κ3) is 1.90. The maximum absolute atomic E-state index is 5.97. The van der Waals surface area contributed by atoms with E-state index in [0.717, 1.165) is 33.7 Å². The zero-order chi connectivity index (χ0) is 10.8. The Balaban J connectivity index is 2.75. The molecule has 0 saturated carbocycles. The van der Waals surface area contributed by atoms with Crippen LogP contribution >= 0.6 is 11.6 Å². The maximum atomic E-state index is 5.97. The predicted molar refractivity (Wildman–Crippen MR) is 65.7 cm³/mol. The van der Waals surface area contributed by atoms with E-state index in [9.17, 15) is 0 Å². The van der Waals surface area contributed by atoms with Gasteiger partial charge in [-0.05, 0) is 30.7 Å². The van der Waals surface area contributed by atoms with Crippen LogP contribution in [-0.4, -0.2) is 12.0 Å². The molecule has 1 aromatic carbocycles. The van der Waals surface area contributed by atoms with Crippen LogP contribution in [0.2, 0.25) is 5.02 Å². The van der Waals surface area contributed by atoms with Crippen LogP contribution in [0.1, 0.15) is 12.6 Å². The second kappa shape index (κ2) is 4.07. The number of hydrogen-bond acceptors (Lipinski definition) is 2. The predicted octanol–water partition coefficient (Wildman–Crippen LogP) is 3.49. The maximum Gasteiger partial charge on any atom is 0.0727 e. The van der Waals surface area contributed by atoms with Crippen molar-refractivity contribution >= 4 is 28.2 Å². The molecule has 0 aliphatic rings. The van der Waals surface area contributed by atoms with Crippen LogP contribution in [0.4, 0.5) is 5.69 Å². The Hall–Kier alpha value is -1.28.